The Bertz CT molecular complexity index is 1430. The van der Waals surface area contributed by atoms with Gasteiger partial charge in [-0.2, -0.15) is 5.10 Å². The number of hydrogen-bond acceptors (Lipinski definition) is 5. The number of aryl methyl sites for hydroxylation is 1. The molecule has 2 aliphatic rings. The third kappa shape index (κ3) is 4.97. The maximum absolute atomic E-state index is 16.1. The zero-order valence-electron chi connectivity index (χ0n) is 23.1. The first-order chi connectivity index (χ1) is 18.7. The molecule has 5 rings (SSSR count). The Morgan fingerprint density at radius 3 is 2.67 bits per heavy atom. The molecule has 1 aliphatic heterocycles. The number of aromatic amines is 1. The van der Waals surface area contributed by atoms with E-state index in [1.165, 1.54) is 4.90 Å². The SMILES string of the molecule is CCn1ncc([C@@H](c2nc3c(F)c(C4=C(C(=O)N(C)C)CCOC4)ccc3[nH]2)C2CCC(C)CC2)c1C(N)=O. The predicted molar refractivity (Wildman–Crippen MR) is 146 cm³/mol. The fourth-order valence-electron chi connectivity index (χ4n) is 6.15. The van der Waals surface area contributed by atoms with Crippen molar-refractivity contribution in [1.82, 2.24) is 24.6 Å². The number of nitrogens with zero attached hydrogens (tertiary/aromatic N) is 4. The standard InChI is InChI=1S/C29H37FN6O3/c1-5-36-26(27(31)37)20(14-32-36)23(17-8-6-16(2)7-9-17)28-33-22-11-10-18(24(30)25(22)34-28)21-15-39-13-12-19(21)29(38)35(3)4/h10-11,14,16-17,23H,5-9,12-13,15H2,1-4H3,(H2,31,37)(H,33,34)/t16?,17?,23-/m0/s1. The number of likely N-dealkylation sites (N-methyl/N-ethyl adjacent to an activating group) is 1. The van der Waals surface area contributed by atoms with Crippen LogP contribution in [0.5, 0.6) is 0 Å². The van der Waals surface area contributed by atoms with Crippen LogP contribution < -0.4 is 5.73 Å². The van der Waals surface area contributed by atoms with Gasteiger partial charge in [-0.15, -0.1) is 0 Å². The molecule has 1 atom stereocenters. The number of carbonyl (C=O) groups excluding carboxylic acids is 2. The van der Waals surface area contributed by atoms with Gasteiger partial charge in [0.15, 0.2) is 5.82 Å². The number of benzene rings is 1. The molecule has 1 fully saturated rings. The largest absolute Gasteiger partial charge is 0.376 e. The second-order valence-electron chi connectivity index (χ2n) is 11.0. The summed E-state index contributed by atoms with van der Waals surface area (Å²) in [7, 11) is 3.38. The Morgan fingerprint density at radius 2 is 2.00 bits per heavy atom. The molecule has 1 saturated carbocycles. The van der Waals surface area contributed by atoms with Crippen LogP contribution in [0.4, 0.5) is 4.39 Å². The van der Waals surface area contributed by atoms with Crippen molar-refractivity contribution in [3.8, 4) is 0 Å². The lowest BCUT2D eigenvalue weighted by atomic mass is 9.73. The van der Waals surface area contributed by atoms with Crippen LogP contribution in [0.1, 0.15) is 79.3 Å². The second-order valence-corrected chi connectivity index (χ2v) is 11.0. The number of halogens is 1. The molecule has 3 heterocycles. The number of H-pyrrole nitrogens is 1. The quantitative estimate of drug-likeness (QED) is 0.468. The summed E-state index contributed by atoms with van der Waals surface area (Å²) >= 11 is 0. The van der Waals surface area contributed by atoms with Crippen molar-refractivity contribution in [2.24, 2.45) is 17.6 Å². The molecule has 0 unspecified atom stereocenters. The van der Waals surface area contributed by atoms with Crippen LogP contribution in [0.15, 0.2) is 23.9 Å². The highest BCUT2D eigenvalue weighted by atomic mass is 19.1. The number of hydrogen-bond donors (Lipinski definition) is 2. The smallest absolute Gasteiger partial charge is 0.267 e. The van der Waals surface area contributed by atoms with Crippen LogP contribution >= 0.6 is 0 Å². The molecule has 208 valence electrons. The zero-order valence-corrected chi connectivity index (χ0v) is 23.1. The molecule has 10 heteroatoms. The summed E-state index contributed by atoms with van der Waals surface area (Å²) < 4.78 is 23.4. The fraction of sp³-hybridized carbons (Fsp3) is 0.517. The molecule has 0 bridgehead atoms. The van der Waals surface area contributed by atoms with Gasteiger partial charge in [0.2, 0.25) is 5.91 Å². The molecule has 2 amide bonds. The number of nitrogens with two attached hydrogens (primary N) is 1. The molecule has 9 nitrogen and oxygen atoms in total. The van der Waals surface area contributed by atoms with Crippen molar-refractivity contribution in [3.63, 3.8) is 0 Å². The van der Waals surface area contributed by atoms with Crippen molar-refractivity contribution in [2.45, 2.75) is 58.4 Å². The summed E-state index contributed by atoms with van der Waals surface area (Å²) in [6.45, 7) is 5.26. The summed E-state index contributed by atoms with van der Waals surface area (Å²) in [6, 6.07) is 3.49. The van der Waals surface area contributed by atoms with Crippen molar-refractivity contribution in [1.29, 1.82) is 0 Å². The van der Waals surface area contributed by atoms with Gasteiger partial charge in [-0.3, -0.25) is 14.3 Å². The molecule has 1 aliphatic carbocycles. The van der Waals surface area contributed by atoms with Crippen LogP contribution in [0.3, 0.4) is 0 Å². The Hall–Kier alpha value is -3.53. The molecule has 1 aromatic carbocycles. The van der Waals surface area contributed by atoms with E-state index in [1.807, 2.05) is 6.92 Å². The van der Waals surface area contributed by atoms with Gasteiger partial charge in [0.25, 0.3) is 5.91 Å². The first-order valence-corrected chi connectivity index (χ1v) is 13.8. The van der Waals surface area contributed by atoms with E-state index in [2.05, 4.69) is 17.0 Å². The predicted octanol–water partition coefficient (Wildman–Crippen LogP) is 4.24. The van der Waals surface area contributed by atoms with E-state index in [1.54, 1.807) is 37.1 Å². The number of rotatable bonds is 7. The minimum atomic E-state index is -0.537. The lowest BCUT2D eigenvalue weighted by molar-refractivity contribution is -0.125. The van der Waals surface area contributed by atoms with E-state index in [9.17, 15) is 9.59 Å². The minimum absolute atomic E-state index is 0.144. The highest BCUT2D eigenvalue weighted by Gasteiger charge is 2.35. The van der Waals surface area contributed by atoms with Gasteiger partial charge in [-0.25, -0.2) is 9.37 Å². The maximum atomic E-state index is 16.1. The van der Waals surface area contributed by atoms with E-state index in [-0.39, 0.29) is 29.9 Å². The summed E-state index contributed by atoms with van der Waals surface area (Å²) in [5, 5.41) is 4.44. The Labute approximate surface area is 227 Å². The monoisotopic (exact) mass is 536 g/mol. The van der Waals surface area contributed by atoms with E-state index in [4.69, 9.17) is 15.5 Å². The molecule has 0 saturated heterocycles. The van der Waals surface area contributed by atoms with Gasteiger partial charge >= 0.3 is 0 Å². The highest BCUT2D eigenvalue weighted by Crippen LogP contribution is 2.43. The summed E-state index contributed by atoms with van der Waals surface area (Å²) in [6.07, 6.45) is 6.22. The molecular weight excluding hydrogens is 499 g/mol. The van der Waals surface area contributed by atoms with Crippen molar-refractivity contribution in [3.05, 3.63) is 52.4 Å². The first kappa shape index (κ1) is 27.1. The number of amides is 2. The minimum Gasteiger partial charge on any atom is -0.376 e. The number of carbonyl (C=O) groups is 2. The molecule has 2 aromatic heterocycles. The van der Waals surface area contributed by atoms with E-state index >= 15 is 4.39 Å². The van der Waals surface area contributed by atoms with Gasteiger partial charge in [-0.05, 0) is 49.3 Å². The molecule has 39 heavy (non-hydrogen) atoms. The maximum Gasteiger partial charge on any atom is 0.267 e. The zero-order chi connectivity index (χ0) is 27.8. The molecular formula is C29H37FN6O3. The second kappa shape index (κ2) is 10.9. The Balaban J connectivity index is 1.64. The van der Waals surface area contributed by atoms with Crippen LogP contribution in [0, 0.1) is 17.7 Å². The molecule has 3 aromatic rings. The number of primary amides is 1. The third-order valence-corrected chi connectivity index (χ3v) is 8.27. The van der Waals surface area contributed by atoms with Gasteiger partial charge in [0.1, 0.15) is 17.0 Å². The first-order valence-electron chi connectivity index (χ1n) is 13.8. The van der Waals surface area contributed by atoms with E-state index in [0.717, 1.165) is 31.2 Å². The number of ether oxygens (including phenoxy) is 1. The topological polar surface area (TPSA) is 119 Å². The summed E-state index contributed by atoms with van der Waals surface area (Å²) in [5.74, 6) is -0.0161. The summed E-state index contributed by atoms with van der Waals surface area (Å²) in [5.41, 5.74) is 9.13. The van der Waals surface area contributed by atoms with Gasteiger partial charge in [0, 0.05) is 49.7 Å². The number of fused-ring (bicyclic) bond motifs is 1. The lowest BCUT2D eigenvalue weighted by Crippen LogP contribution is -2.27. The summed E-state index contributed by atoms with van der Waals surface area (Å²) in [4.78, 5) is 35.0. The van der Waals surface area contributed by atoms with Gasteiger partial charge < -0.3 is 20.4 Å². The van der Waals surface area contributed by atoms with Crippen molar-refractivity contribution in [2.75, 3.05) is 27.3 Å². The van der Waals surface area contributed by atoms with Crippen LogP contribution in [-0.2, 0) is 16.1 Å². The molecule has 0 radical (unpaired) electrons. The van der Waals surface area contributed by atoms with Gasteiger partial charge in [0.05, 0.1) is 24.9 Å². The lowest BCUT2D eigenvalue weighted by Gasteiger charge is -2.31. The Morgan fingerprint density at radius 1 is 1.26 bits per heavy atom. The highest BCUT2D eigenvalue weighted by molar-refractivity contribution is 6.02. The fourth-order valence-corrected chi connectivity index (χ4v) is 6.15. The number of imidazole rings is 1. The van der Waals surface area contributed by atoms with Gasteiger partial charge in [-0.1, -0.05) is 19.8 Å². The average Bonchev–Trinajstić information content (AvgIpc) is 3.55. The van der Waals surface area contributed by atoms with Crippen LogP contribution in [0.25, 0.3) is 16.6 Å². The van der Waals surface area contributed by atoms with Crippen molar-refractivity contribution >= 4 is 28.4 Å². The number of aromatic nitrogens is 4. The van der Waals surface area contributed by atoms with E-state index in [0.29, 0.717) is 59.2 Å². The molecule has 0 spiro atoms. The van der Waals surface area contributed by atoms with Crippen LogP contribution in [-0.4, -0.2) is 63.8 Å². The van der Waals surface area contributed by atoms with E-state index < -0.39 is 11.7 Å². The Kier molecular flexibility index (Phi) is 7.57. The molecule has 3 N–H and O–H groups in total. The van der Waals surface area contributed by atoms with Crippen molar-refractivity contribution < 1.29 is 18.7 Å². The normalized spacial score (nSPS) is 20.8. The average molecular weight is 537 g/mol. The number of nitrogens with one attached hydrogen (secondary N) is 1. The third-order valence-electron chi connectivity index (χ3n) is 8.27. The van der Waals surface area contributed by atoms with Crippen LogP contribution in [0.2, 0.25) is 0 Å².